The molecule has 0 aromatic heterocycles. The number of benzene rings is 1. The fraction of sp³-hybridized carbons (Fsp3) is 0.600. The van der Waals surface area contributed by atoms with E-state index in [1.165, 1.54) is 0 Å². The van der Waals surface area contributed by atoms with Gasteiger partial charge in [-0.15, -0.1) is 0 Å². The van der Waals surface area contributed by atoms with E-state index in [0.717, 1.165) is 11.5 Å². The van der Waals surface area contributed by atoms with Crippen LogP contribution < -0.4 is 14.8 Å². The zero-order valence-electron chi connectivity index (χ0n) is 11.9. The summed E-state index contributed by atoms with van der Waals surface area (Å²) in [6.07, 6.45) is 1.38. The van der Waals surface area contributed by atoms with Gasteiger partial charge in [0, 0.05) is 39.1 Å². The molecule has 0 unspecified atom stereocenters. The highest BCUT2D eigenvalue weighted by atomic mass is 16.5. The van der Waals surface area contributed by atoms with Gasteiger partial charge in [-0.25, -0.2) is 0 Å². The molecule has 112 valence electrons. The van der Waals surface area contributed by atoms with Crippen molar-refractivity contribution in [1.29, 1.82) is 0 Å². The highest BCUT2D eigenvalue weighted by molar-refractivity contribution is 5.39. The number of rotatable bonds is 7. The minimum absolute atomic E-state index is 0.535. The highest BCUT2D eigenvalue weighted by Gasteiger charge is 2.28. The van der Waals surface area contributed by atoms with Crippen molar-refractivity contribution in [3.8, 4) is 11.5 Å². The molecule has 1 aromatic rings. The summed E-state index contributed by atoms with van der Waals surface area (Å²) >= 11 is 0. The Balaban J connectivity index is 1.66. The maximum Gasteiger partial charge on any atom is 0.161 e. The molecule has 1 aliphatic rings. The monoisotopic (exact) mass is 281 g/mol. The number of para-hydroxylation sites is 2. The van der Waals surface area contributed by atoms with E-state index in [9.17, 15) is 5.11 Å². The molecule has 0 atom stereocenters. The quantitative estimate of drug-likeness (QED) is 0.736. The summed E-state index contributed by atoms with van der Waals surface area (Å²) in [5.74, 6) is 1.47. The number of methoxy groups -OCH3 is 1. The molecular weight excluding hydrogens is 258 g/mol. The third-order valence-corrected chi connectivity index (χ3v) is 3.48. The molecule has 20 heavy (non-hydrogen) atoms. The summed E-state index contributed by atoms with van der Waals surface area (Å²) in [6.45, 7) is 3.06. The van der Waals surface area contributed by atoms with Gasteiger partial charge < -0.3 is 24.6 Å². The molecule has 1 fully saturated rings. The van der Waals surface area contributed by atoms with Gasteiger partial charge in [-0.3, -0.25) is 0 Å². The van der Waals surface area contributed by atoms with Crippen molar-refractivity contribution in [3.05, 3.63) is 24.3 Å². The van der Waals surface area contributed by atoms with Crippen LogP contribution >= 0.6 is 0 Å². The molecule has 1 aromatic carbocycles. The van der Waals surface area contributed by atoms with E-state index in [4.69, 9.17) is 14.2 Å². The lowest BCUT2D eigenvalue weighted by Gasteiger charge is -2.32. The maximum absolute atomic E-state index is 10.3. The van der Waals surface area contributed by atoms with Gasteiger partial charge in [-0.1, -0.05) is 12.1 Å². The van der Waals surface area contributed by atoms with Crippen LogP contribution in [0.15, 0.2) is 24.3 Å². The van der Waals surface area contributed by atoms with Gasteiger partial charge in [-0.2, -0.15) is 0 Å². The number of hydrogen-bond donors (Lipinski definition) is 2. The summed E-state index contributed by atoms with van der Waals surface area (Å²) in [4.78, 5) is 0. The van der Waals surface area contributed by atoms with E-state index in [2.05, 4.69) is 5.32 Å². The lowest BCUT2D eigenvalue weighted by Crippen LogP contribution is -2.45. The summed E-state index contributed by atoms with van der Waals surface area (Å²) in [5.41, 5.74) is -0.636. The third kappa shape index (κ3) is 4.37. The topological polar surface area (TPSA) is 60.0 Å². The Bertz CT molecular complexity index is 405. The fourth-order valence-corrected chi connectivity index (χ4v) is 2.22. The van der Waals surface area contributed by atoms with E-state index < -0.39 is 5.60 Å². The van der Waals surface area contributed by atoms with Gasteiger partial charge in [0.2, 0.25) is 0 Å². The van der Waals surface area contributed by atoms with Crippen LogP contribution in [0, 0.1) is 0 Å². The van der Waals surface area contributed by atoms with Gasteiger partial charge in [0.25, 0.3) is 0 Å². The summed E-state index contributed by atoms with van der Waals surface area (Å²) in [5, 5.41) is 13.5. The maximum atomic E-state index is 10.3. The second kappa shape index (κ2) is 7.47. The fourth-order valence-electron chi connectivity index (χ4n) is 2.22. The van der Waals surface area contributed by atoms with E-state index in [0.29, 0.717) is 45.8 Å². The lowest BCUT2D eigenvalue weighted by atomic mass is 9.94. The van der Waals surface area contributed by atoms with Crippen molar-refractivity contribution in [1.82, 2.24) is 5.32 Å². The van der Waals surface area contributed by atoms with Crippen LogP contribution in [0.4, 0.5) is 0 Å². The first-order chi connectivity index (χ1) is 9.73. The van der Waals surface area contributed by atoms with E-state index in [-0.39, 0.29) is 0 Å². The third-order valence-electron chi connectivity index (χ3n) is 3.48. The molecule has 1 saturated heterocycles. The van der Waals surface area contributed by atoms with E-state index in [1.807, 2.05) is 24.3 Å². The molecule has 0 radical (unpaired) electrons. The van der Waals surface area contributed by atoms with Crippen LogP contribution in [0.2, 0.25) is 0 Å². The number of ether oxygens (including phenoxy) is 3. The zero-order chi connectivity index (χ0) is 14.3. The Hall–Kier alpha value is -1.30. The summed E-state index contributed by atoms with van der Waals surface area (Å²) in [6, 6.07) is 7.57. The van der Waals surface area contributed by atoms with Crippen molar-refractivity contribution < 1.29 is 19.3 Å². The lowest BCUT2D eigenvalue weighted by molar-refractivity contribution is -0.0616. The van der Waals surface area contributed by atoms with Crippen molar-refractivity contribution in [2.75, 3.05) is 40.0 Å². The van der Waals surface area contributed by atoms with Gasteiger partial charge in [0.15, 0.2) is 11.5 Å². The Morgan fingerprint density at radius 2 is 1.95 bits per heavy atom. The zero-order valence-corrected chi connectivity index (χ0v) is 11.9. The van der Waals surface area contributed by atoms with Crippen LogP contribution in [0.1, 0.15) is 12.8 Å². The molecule has 2 rings (SSSR count). The smallest absolute Gasteiger partial charge is 0.161 e. The standard InChI is InChI=1S/C15H23NO4/c1-18-13-4-2-3-5-14(13)20-11-8-16-12-15(17)6-9-19-10-7-15/h2-5,16-17H,6-12H2,1H3. The van der Waals surface area contributed by atoms with Gasteiger partial charge in [0.1, 0.15) is 6.61 Å². The second-order valence-electron chi connectivity index (χ2n) is 5.01. The van der Waals surface area contributed by atoms with Crippen molar-refractivity contribution in [2.24, 2.45) is 0 Å². The van der Waals surface area contributed by atoms with Gasteiger partial charge in [-0.05, 0) is 12.1 Å². The van der Waals surface area contributed by atoms with Crippen LogP contribution in [0.25, 0.3) is 0 Å². The number of nitrogens with one attached hydrogen (secondary N) is 1. The van der Waals surface area contributed by atoms with Crippen LogP contribution in [0.3, 0.4) is 0 Å². The number of hydrogen-bond acceptors (Lipinski definition) is 5. The average Bonchev–Trinajstić information content (AvgIpc) is 2.48. The van der Waals surface area contributed by atoms with Crippen LogP contribution in [-0.2, 0) is 4.74 Å². The molecular formula is C15H23NO4. The minimum atomic E-state index is -0.636. The second-order valence-corrected chi connectivity index (χ2v) is 5.01. The molecule has 5 nitrogen and oxygen atoms in total. The van der Waals surface area contributed by atoms with Crippen LogP contribution in [0.5, 0.6) is 11.5 Å². The van der Waals surface area contributed by atoms with E-state index in [1.54, 1.807) is 7.11 Å². The Morgan fingerprint density at radius 3 is 2.65 bits per heavy atom. The predicted molar refractivity (Wildman–Crippen MR) is 76.4 cm³/mol. The van der Waals surface area contributed by atoms with E-state index >= 15 is 0 Å². The minimum Gasteiger partial charge on any atom is -0.493 e. The first-order valence-electron chi connectivity index (χ1n) is 7.00. The highest BCUT2D eigenvalue weighted by Crippen LogP contribution is 2.25. The van der Waals surface area contributed by atoms with Gasteiger partial charge >= 0.3 is 0 Å². The van der Waals surface area contributed by atoms with Crippen molar-refractivity contribution in [3.63, 3.8) is 0 Å². The largest absolute Gasteiger partial charge is 0.493 e. The Labute approximate surface area is 119 Å². The molecule has 5 heteroatoms. The average molecular weight is 281 g/mol. The molecule has 1 aliphatic heterocycles. The normalized spacial score (nSPS) is 17.7. The first kappa shape index (κ1) is 15.1. The van der Waals surface area contributed by atoms with Crippen molar-refractivity contribution in [2.45, 2.75) is 18.4 Å². The molecule has 1 heterocycles. The molecule has 0 spiro atoms. The predicted octanol–water partition coefficient (Wildman–Crippen LogP) is 1.21. The first-order valence-corrected chi connectivity index (χ1v) is 7.00. The molecule has 2 N–H and O–H groups in total. The Morgan fingerprint density at radius 1 is 1.25 bits per heavy atom. The molecule has 0 bridgehead atoms. The molecule has 0 saturated carbocycles. The molecule has 0 aliphatic carbocycles. The Kier molecular flexibility index (Phi) is 5.64. The van der Waals surface area contributed by atoms with Crippen molar-refractivity contribution >= 4 is 0 Å². The summed E-state index contributed by atoms with van der Waals surface area (Å²) < 4.78 is 16.1. The molecule has 0 amide bonds. The van der Waals surface area contributed by atoms with Gasteiger partial charge in [0.05, 0.1) is 12.7 Å². The number of aliphatic hydroxyl groups is 1. The SMILES string of the molecule is COc1ccccc1OCCNCC1(O)CCOCC1. The van der Waals surface area contributed by atoms with Crippen LogP contribution in [-0.4, -0.2) is 50.7 Å². The summed E-state index contributed by atoms with van der Waals surface area (Å²) in [7, 11) is 1.63.